The van der Waals surface area contributed by atoms with Gasteiger partial charge < -0.3 is 10.1 Å². The van der Waals surface area contributed by atoms with E-state index >= 15 is 0 Å². The molecule has 0 saturated carbocycles. The average Bonchev–Trinajstić information content (AvgIpc) is 3.17. The van der Waals surface area contributed by atoms with Crippen LogP contribution in [0.3, 0.4) is 0 Å². The summed E-state index contributed by atoms with van der Waals surface area (Å²) in [6.07, 6.45) is 0. The third-order valence-electron chi connectivity index (χ3n) is 4.36. The van der Waals surface area contributed by atoms with Gasteiger partial charge in [-0.2, -0.15) is 5.10 Å². The predicted octanol–water partition coefficient (Wildman–Crippen LogP) is 2.58. The molecule has 0 atom stereocenters. The number of rotatable bonds is 6. The minimum Gasteiger partial charge on any atom is -0.383 e. The monoisotopic (exact) mass is 394 g/mol. The number of ether oxygens (including phenoxy) is 1. The normalized spacial score (nSPS) is 11.2. The van der Waals surface area contributed by atoms with Gasteiger partial charge in [-0.25, -0.2) is 9.67 Å². The summed E-state index contributed by atoms with van der Waals surface area (Å²) in [6, 6.07) is 14.9. The van der Waals surface area contributed by atoms with Crippen molar-refractivity contribution in [2.75, 3.05) is 13.7 Å². The lowest BCUT2D eigenvalue weighted by atomic mass is 10.1. The maximum Gasteiger partial charge on any atom is 0.280 e. The van der Waals surface area contributed by atoms with Crippen molar-refractivity contribution in [2.24, 2.45) is 0 Å². The molecule has 142 valence electrons. The van der Waals surface area contributed by atoms with Crippen molar-refractivity contribution in [1.82, 2.24) is 20.1 Å². The number of amides is 1. The van der Waals surface area contributed by atoms with Crippen molar-refractivity contribution in [2.45, 2.75) is 13.1 Å². The van der Waals surface area contributed by atoms with Crippen LogP contribution in [0.5, 0.6) is 0 Å². The second kappa shape index (κ2) is 7.87. The Morgan fingerprint density at radius 3 is 2.68 bits per heavy atom. The van der Waals surface area contributed by atoms with Crippen molar-refractivity contribution < 1.29 is 9.53 Å². The van der Waals surface area contributed by atoms with Gasteiger partial charge in [0, 0.05) is 12.5 Å². The number of aromatic nitrogens is 3. The SMILES string of the molecule is COCCn1nc(CNC(=O)c2nc3ccccc3s2)c2ccccc2c1=O. The highest BCUT2D eigenvalue weighted by atomic mass is 32.1. The Bertz CT molecular complexity index is 1180. The molecule has 4 rings (SSSR count). The first-order chi connectivity index (χ1) is 13.7. The van der Waals surface area contributed by atoms with Gasteiger partial charge in [0.15, 0.2) is 5.01 Å². The first-order valence-electron chi connectivity index (χ1n) is 8.79. The number of carbonyl (C=O) groups is 1. The second-order valence-electron chi connectivity index (χ2n) is 6.18. The third kappa shape index (κ3) is 3.51. The van der Waals surface area contributed by atoms with Crippen molar-refractivity contribution in [3.63, 3.8) is 0 Å². The van der Waals surface area contributed by atoms with E-state index in [2.05, 4.69) is 15.4 Å². The van der Waals surface area contributed by atoms with Crippen LogP contribution in [0.15, 0.2) is 53.3 Å². The van der Waals surface area contributed by atoms with Gasteiger partial charge in [-0.3, -0.25) is 9.59 Å². The van der Waals surface area contributed by atoms with Crippen molar-refractivity contribution >= 4 is 38.2 Å². The van der Waals surface area contributed by atoms with E-state index in [0.717, 1.165) is 15.6 Å². The van der Waals surface area contributed by atoms with Crippen LogP contribution in [0.2, 0.25) is 0 Å². The molecule has 4 aromatic rings. The van der Waals surface area contributed by atoms with Crippen molar-refractivity contribution in [3.8, 4) is 0 Å². The zero-order valence-corrected chi connectivity index (χ0v) is 16.0. The van der Waals surface area contributed by atoms with Gasteiger partial charge in [-0.1, -0.05) is 30.3 Å². The summed E-state index contributed by atoms with van der Waals surface area (Å²) in [4.78, 5) is 29.5. The maximum absolute atomic E-state index is 12.6. The Hall–Kier alpha value is -3.10. The molecule has 2 aromatic carbocycles. The van der Waals surface area contributed by atoms with Crippen molar-refractivity contribution in [1.29, 1.82) is 0 Å². The molecular formula is C20H18N4O3S. The van der Waals surface area contributed by atoms with Gasteiger partial charge in [0.25, 0.3) is 11.5 Å². The third-order valence-corrected chi connectivity index (χ3v) is 5.39. The molecule has 28 heavy (non-hydrogen) atoms. The van der Waals surface area contributed by atoms with Crippen LogP contribution < -0.4 is 10.9 Å². The molecule has 0 aliphatic carbocycles. The second-order valence-corrected chi connectivity index (χ2v) is 7.21. The number of carbonyl (C=O) groups excluding carboxylic acids is 1. The molecular weight excluding hydrogens is 376 g/mol. The van der Waals surface area contributed by atoms with E-state index < -0.39 is 0 Å². The topological polar surface area (TPSA) is 86.1 Å². The van der Waals surface area contributed by atoms with Crippen LogP contribution in [0.1, 0.15) is 15.5 Å². The fourth-order valence-electron chi connectivity index (χ4n) is 2.97. The molecule has 1 N–H and O–H groups in total. The Kier molecular flexibility index (Phi) is 5.14. The molecule has 0 spiro atoms. The smallest absolute Gasteiger partial charge is 0.280 e. The Labute approximate surface area is 164 Å². The van der Waals surface area contributed by atoms with Gasteiger partial charge in [-0.05, 0) is 18.2 Å². The standard InChI is InChI=1S/C20H18N4O3S/c1-27-11-10-24-20(26)14-7-3-2-6-13(14)16(23-24)12-21-18(25)19-22-15-8-4-5-9-17(15)28-19/h2-9H,10-12H2,1H3,(H,21,25). The van der Waals surface area contributed by atoms with Gasteiger partial charge in [0.1, 0.15) is 0 Å². The minimum atomic E-state index is -0.262. The molecule has 0 aliphatic rings. The van der Waals surface area contributed by atoms with Gasteiger partial charge >= 0.3 is 0 Å². The Balaban J connectivity index is 1.62. The van der Waals surface area contributed by atoms with E-state index in [9.17, 15) is 9.59 Å². The largest absolute Gasteiger partial charge is 0.383 e. The number of methoxy groups -OCH3 is 1. The van der Waals surface area contributed by atoms with Crippen LogP contribution in [0.25, 0.3) is 21.0 Å². The minimum absolute atomic E-state index is 0.172. The molecule has 8 heteroatoms. The highest BCUT2D eigenvalue weighted by Crippen LogP contribution is 2.21. The lowest BCUT2D eigenvalue weighted by Crippen LogP contribution is -2.29. The molecule has 1 amide bonds. The molecule has 0 unspecified atom stereocenters. The molecule has 0 radical (unpaired) electrons. The summed E-state index contributed by atoms with van der Waals surface area (Å²) < 4.78 is 7.40. The van der Waals surface area contributed by atoms with Crippen molar-refractivity contribution in [3.05, 3.63) is 69.6 Å². The van der Waals surface area contributed by atoms with Crippen LogP contribution in [-0.4, -0.2) is 34.4 Å². The maximum atomic E-state index is 12.6. The average molecular weight is 394 g/mol. The number of para-hydroxylation sites is 1. The van der Waals surface area contributed by atoms with E-state index in [0.29, 0.717) is 29.2 Å². The molecule has 7 nitrogen and oxygen atoms in total. The zero-order chi connectivity index (χ0) is 19.5. The van der Waals surface area contributed by atoms with E-state index in [1.807, 2.05) is 42.5 Å². The fourth-order valence-corrected chi connectivity index (χ4v) is 3.86. The molecule has 0 bridgehead atoms. The Morgan fingerprint density at radius 2 is 1.89 bits per heavy atom. The summed E-state index contributed by atoms with van der Waals surface area (Å²) in [5.41, 5.74) is 1.25. The Morgan fingerprint density at radius 1 is 1.14 bits per heavy atom. The molecule has 0 saturated heterocycles. The van der Waals surface area contributed by atoms with Crippen LogP contribution >= 0.6 is 11.3 Å². The van der Waals surface area contributed by atoms with Gasteiger partial charge in [-0.15, -0.1) is 11.3 Å². The zero-order valence-electron chi connectivity index (χ0n) is 15.2. The molecule has 0 aliphatic heterocycles. The summed E-state index contributed by atoms with van der Waals surface area (Å²) in [5, 5.41) is 9.01. The van der Waals surface area contributed by atoms with E-state index in [4.69, 9.17) is 4.74 Å². The fraction of sp³-hybridized carbons (Fsp3) is 0.200. The first kappa shape index (κ1) is 18.3. The quantitative estimate of drug-likeness (QED) is 0.543. The number of benzene rings is 2. The highest BCUT2D eigenvalue weighted by Gasteiger charge is 2.14. The molecule has 2 heterocycles. The summed E-state index contributed by atoms with van der Waals surface area (Å²) in [6.45, 7) is 0.921. The molecule has 0 fully saturated rings. The number of thiazole rings is 1. The van der Waals surface area contributed by atoms with Crippen LogP contribution in [-0.2, 0) is 17.8 Å². The summed E-state index contributed by atoms with van der Waals surface area (Å²) in [5.74, 6) is -0.262. The van der Waals surface area contributed by atoms with E-state index in [1.165, 1.54) is 16.0 Å². The number of fused-ring (bicyclic) bond motifs is 2. The highest BCUT2D eigenvalue weighted by molar-refractivity contribution is 7.20. The van der Waals surface area contributed by atoms with Crippen LogP contribution in [0.4, 0.5) is 0 Å². The summed E-state index contributed by atoms with van der Waals surface area (Å²) in [7, 11) is 1.57. The molecule has 2 aromatic heterocycles. The predicted molar refractivity (Wildman–Crippen MR) is 109 cm³/mol. The van der Waals surface area contributed by atoms with Gasteiger partial charge in [0.05, 0.1) is 41.0 Å². The van der Waals surface area contributed by atoms with E-state index in [1.54, 1.807) is 13.2 Å². The number of nitrogens with one attached hydrogen (secondary N) is 1. The van der Waals surface area contributed by atoms with Gasteiger partial charge in [0.2, 0.25) is 0 Å². The summed E-state index contributed by atoms with van der Waals surface area (Å²) >= 11 is 1.35. The first-order valence-corrected chi connectivity index (χ1v) is 9.60. The lowest BCUT2D eigenvalue weighted by molar-refractivity contribution is 0.0950. The number of hydrogen-bond donors (Lipinski definition) is 1. The van der Waals surface area contributed by atoms with Crippen LogP contribution in [0, 0.1) is 0 Å². The van der Waals surface area contributed by atoms with E-state index in [-0.39, 0.29) is 18.0 Å². The lowest BCUT2D eigenvalue weighted by Gasteiger charge is -2.11. The number of nitrogens with zero attached hydrogens (tertiary/aromatic N) is 3. The number of hydrogen-bond acceptors (Lipinski definition) is 6.